The molecule has 1 aliphatic carbocycles. The molecule has 0 spiro atoms. The van der Waals surface area contributed by atoms with Gasteiger partial charge in [0.25, 0.3) is 0 Å². The molecule has 0 aliphatic heterocycles. The third-order valence-corrected chi connectivity index (χ3v) is 4.67. The summed E-state index contributed by atoms with van der Waals surface area (Å²) in [5, 5.41) is 0. The first-order chi connectivity index (χ1) is 12.1. The lowest BCUT2D eigenvalue weighted by Gasteiger charge is -2.18. The fourth-order valence-electron chi connectivity index (χ4n) is 2.95. The van der Waals surface area contributed by atoms with Gasteiger partial charge in [-0.2, -0.15) is 0 Å². The molecule has 1 fully saturated rings. The maximum atomic E-state index is 13.6. The molecule has 0 atom stereocenters. The minimum atomic E-state index is -0.331. The highest BCUT2D eigenvalue weighted by Gasteiger charge is 2.09. The number of halogens is 1. The van der Waals surface area contributed by atoms with Gasteiger partial charge in [0.2, 0.25) is 0 Å². The molecule has 0 radical (unpaired) electrons. The van der Waals surface area contributed by atoms with Gasteiger partial charge in [-0.1, -0.05) is 71.1 Å². The fourth-order valence-corrected chi connectivity index (χ4v) is 2.95. The van der Waals surface area contributed by atoms with E-state index in [1.807, 2.05) is 12.1 Å². The van der Waals surface area contributed by atoms with Gasteiger partial charge >= 0.3 is 0 Å². The molecule has 0 amide bonds. The Morgan fingerprint density at radius 3 is 2.16 bits per heavy atom. The van der Waals surface area contributed by atoms with Gasteiger partial charge in [-0.25, -0.2) is 4.39 Å². The van der Waals surface area contributed by atoms with Crippen molar-refractivity contribution in [3.05, 3.63) is 59.4 Å². The largest absolute Gasteiger partial charge is 0.454 e. The molecule has 25 heavy (non-hydrogen) atoms. The van der Waals surface area contributed by atoms with Crippen LogP contribution in [0.3, 0.4) is 0 Å². The van der Waals surface area contributed by atoms with E-state index in [2.05, 4.69) is 26.8 Å². The van der Waals surface area contributed by atoms with Crippen LogP contribution in [-0.4, -0.2) is 0 Å². The lowest BCUT2D eigenvalue weighted by Crippen LogP contribution is -2.04. The molecule has 136 valence electrons. The van der Waals surface area contributed by atoms with Crippen molar-refractivity contribution in [1.82, 2.24) is 0 Å². The molecule has 0 N–H and O–H groups in total. The zero-order valence-corrected chi connectivity index (χ0v) is 15.9. The molecule has 1 aliphatic rings. The quantitative estimate of drug-likeness (QED) is 0.534. The van der Waals surface area contributed by atoms with E-state index in [1.54, 1.807) is 18.2 Å². The Kier molecular flexibility index (Phi) is 7.97. The number of aryl methyl sites for hydroxylation is 2. The Labute approximate surface area is 152 Å². The van der Waals surface area contributed by atoms with Crippen molar-refractivity contribution in [1.29, 1.82) is 0 Å². The van der Waals surface area contributed by atoms with Gasteiger partial charge in [-0.15, -0.1) is 0 Å². The summed E-state index contributed by atoms with van der Waals surface area (Å²) in [6, 6.07) is 12.6. The highest BCUT2D eigenvalue weighted by molar-refractivity contribution is 5.39. The Morgan fingerprint density at radius 1 is 0.960 bits per heavy atom. The Balaban J connectivity index is 0.000000386. The first kappa shape index (κ1) is 19.5. The van der Waals surface area contributed by atoms with E-state index >= 15 is 0 Å². The monoisotopic (exact) mass is 342 g/mol. The van der Waals surface area contributed by atoms with E-state index in [9.17, 15) is 4.39 Å². The van der Waals surface area contributed by atoms with Crippen molar-refractivity contribution in [2.24, 2.45) is 5.92 Å². The number of hydrogen-bond acceptors (Lipinski definition) is 1. The van der Waals surface area contributed by atoms with Gasteiger partial charge in [-0.3, -0.25) is 0 Å². The lowest BCUT2D eigenvalue weighted by molar-refractivity contribution is 0.346. The molecule has 1 saturated carbocycles. The molecular formula is C23H31FO. The van der Waals surface area contributed by atoms with E-state index in [0.717, 1.165) is 31.6 Å². The third kappa shape index (κ3) is 6.19. The van der Waals surface area contributed by atoms with Crippen LogP contribution >= 0.6 is 0 Å². The average Bonchev–Trinajstić information content (AvgIpc) is 2.58. The van der Waals surface area contributed by atoms with Crippen molar-refractivity contribution in [2.75, 3.05) is 0 Å². The molecule has 0 unspecified atom stereocenters. The summed E-state index contributed by atoms with van der Waals surface area (Å²) in [5.41, 5.74) is 2.68. The number of ether oxygens (including phenoxy) is 1. The molecule has 0 saturated heterocycles. The zero-order valence-electron chi connectivity index (χ0n) is 15.9. The van der Waals surface area contributed by atoms with E-state index in [1.165, 1.54) is 36.5 Å². The van der Waals surface area contributed by atoms with Gasteiger partial charge in [0, 0.05) is 0 Å². The van der Waals surface area contributed by atoms with Crippen LogP contribution in [0.1, 0.15) is 64.0 Å². The summed E-state index contributed by atoms with van der Waals surface area (Å²) in [7, 11) is 0. The van der Waals surface area contributed by atoms with E-state index < -0.39 is 0 Å². The number of benzene rings is 2. The minimum absolute atomic E-state index is 0.276. The second-order valence-electron chi connectivity index (χ2n) is 7.00. The summed E-state index contributed by atoms with van der Waals surface area (Å²) >= 11 is 0. The van der Waals surface area contributed by atoms with Crippen LogP contribution in [0, 0.1) is 11.7 Å². The summed E-state index contributed by atoms with van der Waals surface area (Å²) in [4.78, 5) is 0. The number of para-hydroxylation sites is 1. The summed E-state index contributed by atoms with van der Waals surface area (Å²) < 4.78 is 19.3. The summed E-state index contributed by atoms with van der Waals surface area (Å²) in [6.07, 6.45) is 8.80. The Hall–Kier alpha value is -1.83. The first-order valence-electron chi connectivity index (χ1n) is 9.68. The van der Waals surface area contributed by atoms with Crippen molar-refractivity contribution >= 4 is 0 Å². The predicted octanol–water partition coefficient (Wildman–Crippen LogP) is 7.33. The van der Waals surface area contributed by atoms with Crippen LogP contribution in [0.4, 0.5) is 4.39 Å². The second kappa shape index (κ2) is 10.2. The Morgan fingerprint density at radius 2 is 1.60 bits per heavy atom. The Bertz CT molecular complexity index is 646. The van der Waals surface area contributed by atoms with Gasteiger partial charge in [0.15, 0.2) is 11.6 Å². The van der Waals surface area contributed by atoms with Crippen LogP contribution in [0.5, 0.6) is 11.5 Å². The van der Waals surface area contributed by atoms with E-state index in [0.29, 0.717) is 5.75 Å². The fraction of sp³-hybridized carbons (Fsp3) is 0.478. The third-order valence-electron chi connectivity index (χ3n) is 4.67. The van der Waals surface area contributed by atoms with Gasteiger partial charge < -0.3 is 4.74 Å². The molecule has 0 bridgehead atoms. The maximum Gasteiger partial charge on any atom is 0.165 e. The van der Waals surface area contributed by atoms with Gasteiger partial charge in [0.05, 0.1) is 0 Å². The van der Waals surface area contributed by atoms with Crippen LogP contribution < -0.4 is 4.74 Å². The summed E-state index contributed by atoms with van der Waals surface area (Å²) in [5.74, 6) is 1.72. The average molecular weight is 342 g/mol. The molecule has 0 aromatic heterocycles. The van der Waals surface area contributed by atoms with Gasteiger partial charge in [0.1, 0.15) is 5.75 Å². The molecular weight excluding hydrogens is 311 g/mol. The first-order valence-corrected chi connectivity index (χ1v) is 9.68. The standard InChI is InChI=1S/C18H21FO.C5H10/c1-3-7-14-11-12-16(13-15(14)8-4-2)20-18-10-6-5-9-17(18)19;1-5-3-2-4-5/h5-6,9-13H,3-4,7-8H2,1-2H3;5H,2-4H2,1H3. The van der Waals surface area contributed by atoms with Gasteiger partial charge in [-0.05, 0) is 54.2 Å². The summed E-state index contributed by atoms with van der Waals surface area (Å²) in [6.45, 7) is 6.66. The lowest BCUT2D eigenvalue weighted by atomic mass is 9.88. The highest BCUT2D eigenvalue weighted by Crippen LogP contribution is 2.27. The molecule has 3 rings (SSSR count). The molecule has 1 nitrogen and oxygen atoms in total. The van der Waals surface area contributed by atoms with E-state index in [4.69, 9.17) is 4.74 Å². The number of hydrogen-bond donors (Lipinski definition) is 0. The van der Waals surface area contributed by atoms with Crippen LogP contribution in [0.15, 0.2) is 42.5 Å². The zero-order chi connectivity index (χ0) is 18.1. The molecule has 0 heterocycles. The van der Waals surface area contributed by atoms with Crippen molar-refractivity contribution in [2.45, 2.75) is 65.7 Å². The van der Waals surface area contributed by atoms with Crippen molar-refractivity contribution in [3.63, 3.8) is 0 Å². The normalized spacial score (nSPS) is 13.6. The van der Waals surface area contributed by atoms with Crippen molar-refractivity contribution in [3.8, 4) is 11.5 Å². The smallest absolute Gasteiger partial charge is 0.165 e. The SMILES string of the molecule is CC1CCC1.CCCc1ccc(Oc2ccccc2F)cc1CCC. The minimum Gasteiger partial charge on any atom is -0.454 e. The highest BCUT2D eigenvalue weighted by atomic mass is 19.1. The van der Waals surface area contributed by atoms with Crippen LogP contribution in [0.2, 0.25) is 0 Å². The van der Waals surface area contributed by atoms with Crippen molar-refractivity contribution < 1.29 is 9.13 Å². The predicted molar refractivity (Wildman–Crippen MR) is 104 cm³/mol. The molecule has 2 aromatic carbocycles. The van der Waals surface area contributed by atoms with Crippen LogP contribution in [0.25, 0.3) is 0 Å². The molecule has 2 aromatic rings. The maximum absolute atomic E-state index is 13.6. The van der Waals surface area contributed by atoms with Crippen LogP contribution in [-0.2, 0) is 12.8 Å². The second-order valence-corrected chi connectivity index (χ2v) is 7.00. The molecule has 2 heteroatoms. The topological polar surface area (TPSA) is 9.23 Å². The number of rotatable bonds is 6. The van der Waals surface area contributed by atoms with E-state index in [-0.39, 0.29) is 11.6 Å².